The molecule has 0 radical (unpaired) electrons. The number of benzene rings is 2. The maximum absolute atomic E-state index is 12.7. The fourth-order valence-electron chi connectivity index (χ4n) is 4.55. The second-order valence-electron chi connectivity index (χ2n) is 6.91. The van der Waals surface area contributed by atoms with Crippen LogP contribution in [0.3, 0.4) is 0 Å². The van der Waals surface area contributed by atoms with Gasteiger partial charge >= 0.3 is 0 Å². The van der Waals surface area contributed by atoms with Gasteiger partial charge in [0, 0.05) is 35.6 Å². The molecule has 1 N–H and O–H groups in total. The van der Waals surface area contributed by atoms with E-state index < -0.39 is 0 Å². The van der Waals surface area contributed by atoms with Gasteiger partial charge in [0.15, 0.2) is 11.6 Å². The van der Waals surface area contributed by atoms with Gasteiger partial charge in [0.25, 0.3) is 0 Å². The van der Waals surface area contributed by atoms with E-state index in [0.717, 1.165) is 22.3 Å². The van der Waals surface area contributed by atoms with Crippen molar-refractivity contribution in [1.82, 2.24) is 0 Å². The average molecular weight is 341 g/mol. The Morgan fingerprint density at radius 1 is 0.808 bits per heavy atom. The fraction of sp³-hybridized carbons (Fsp3) is 0.136. The SMILES string of the molecule is CC(=O)Nc1ccc2c(c1)C1C3=C(C(=O)C=CC3=O)C2c2ccccc21. The first kappa shape index (κ1) is 15.0. The molecule has 0 aromatic heterocycles. The summed E-state index contributed by atoms with van der Waals surface area (Å²) in [5.74, 6) is -0.816. The normalized spacial score (nSPS) is 22.0. The summed E-state index contributed by atoms with van der Waals surface area (Å²) >= 11 is 0. The van der Waals surface area contributed by atoms with Crippen LogP contribution in [0.4, 0.5) is 5.69 Å². The van der Waals surface area contributed by atoms with Crippen molar-refractivity contribution < 1.29 is 14.4 Å². The summed E-state index contributed by atoms with van der Waals surface area (Å²) in [6.45, 7) is 1.47. The molecule has 0 heterocycles. The minimum atomic E-state index is -0.267. The third kappa shape index (κ3) is 1.87. The van der Waals surface area contributed by atoms with Crippen LogP contribution in [-0.2, 0) is 14.4 Å². The second kappa shape index (κ2) is 5.11. The summed E-state index contributed by atoms with van der Waals surface area (Å²) in [6, 6.07) is 13.8. The molecular formula is C22H15NO3. The lowest BCUT2D eigenvalue weighted by molar-refractivity contribution is -0.115. The number of hydrogen-bond acceptors (Lipinski definition) is 3. The Morgan fingerprint density at radius 2 is 1.35 bits per heavy atom. The standard InChI is InChI=1S/C22H15NO3/c1-11(24)23-12-6-7-15-16(10-12)20-14-5-3-2-4-13(14)19(15)21-17(25)8-9-18(26)22(20)21/h2-10,19-20H,1H3,(H,23,24). The number of amides is 1. The summed E-state index contributed by atoms with van der Waals surface area (Å²) in [5.41, 5.74) is 6.10. The molecule has 0 fully saturated rings. The molecule has 4 nitrogen and oxygen atoms in total. The van der Waals surface area contributed by atoms with Gasteiger partial charge in [-0.3, -0.25) is 14.4 Å². The number of ketones is 2. The Morgan fingerprint density at radius 3 is 1.92 bits per heavy atom. The van der Waals surface area contributed by atoms with Gasteiger partial charge in [0.1, 0.15) is 0 Å². The molecule has 1 amide bonds. The van der Waals surface area contributed by atoms with Crippen molar-refractivity contribution in [1.29, 1.82) is 0 Å². The van der Waals surface area contributed by atoms with Crippen LogP contribution in [0.5, 0.6) is 0 Å². The maximum Gasteiger partial charge on any atom is 0.221 e. The smallest absolute Gasteiger partial charge is 0.221 e. The quantitative estimate of drug-likeness (QED) is 0.810. The Kier molecular flexibility index (Phi) is 2.95. The van der Waals surface area contributed by atoms with Gasteiger partial charge in [0.05, 0.1) is 0 Å². The first-order valence-corrected chi connectivity index (χ1v) is 8.57. The minimum Gasteiger partial charge on any atom is -0.326 e. The van der Waals surface area contributed by atoms with E-state index in [9.17, 15) is 14.4 Å². The van der Waals surface area contributed by atoms with Gasteiger partial charge in [-0.1, -0.05) is 30.3 Å². The number of nitrogens with one attached hydrogen (secondary N) is 1. The zero-order valence-electron chi connectivity index (χ0n) is 14.1. The minimum absolute atomic E-state index is 0.0827. The fourth-order valence-corrected chi connectivity index (χ4v) is 4.55. The molecule has 0 saturated carbocycles. The van der Waals surface area contributed by atoms with Gasteiger partial charge < -0.3 is 5.32 Å². The van der Waals surface area contributed by atoms with E-state index in [1.807, 2.05) is 42.5 Å². The van der Waals surface area contributed by atoms with Gasteiger partial charge in [-0.15, -0.1) is 0 Å². The molecule has 26 heavy (non-hydrogen) atoms. The average Bonchev–Trinajstić information content (AvgIpc) is 2.63. The van der Waals surface area contributed by atoms with E-state index in [-0.39, 0.29) is 29.3 Å². The van der Waals surface area contributed by atoms with E-state index >= 15 is 0 Å². The van der Waals surface area contributed by atoms with Crippen LogP contribution in [0, 0.1) is 0 Å². The second-order valence-corrected chi connectivity index (χ2v) is 6.91. The van der Waals surface area contributed by atoms with E-state index in [0.29, 0.717) is 16.8 Å². The molecule has 2 unspecified atom stereocenters. The molecule has 126 valence electrons. The molecule has 0 spiro atoms. The molecule has 4 aliphatic carbocycles. The predicted molar refractivity (Wildman–Crippen MR) is 97.1 cm³/mol. The lowest BCUT2D eigenvalue weighted by atomic mass is 9.58. The molecule has 0 aliphatic heterocycles. The van der Waals surface area contributed by atoms with E-state index in [4.69, 9.17) is 0 Å². The molecule has 6 rings (SSSR count). The van der Waals surface area contributed by atoms with Crippen LogP contribution in [0.1, 0.15) is 41.0 Å². The molecule has 4 aliphatic rings. The van der Waals surface area contributed by atoms with Crippen LogP contribution in [0.25, 0.3) is 0 Å². The zero-order chi connectivity index (χ0) is 18.0. The number of anilines is 1. The van der Waals surface area contributed by atoms with Crippen molar-refractivity contribution in [2.75, 3.05) is 5.32 Å². The Balaban J connectivity index is 1.79. The Labute approximate surface area is 150 Å². The molecule has 2 aromatic carbocycles. The van der Waals surface area contributed by atoms with Crippen molar-refractivity contribution in [3.63, 3.8) is 0 Å². The number of carbonyl (C=O) groups is 3. The van der Waals surface area contributed by atoms with E-state index in [2.05, 4.69) is 5.32 Å². The highest BCUT2D eigenvalue weighted by Gasteiger charge is 2.47. The maximum atomic E-state index is 12.7. The number of carbonyl (C=O) groups excluding carboxylic acids is 3. The summed E-state index contributed by atoms with van der Waals surface area (Å²) in [7, 11) is 0. The first-order chi connectivity index (χ1) is 12.6. The van der Waals surface area contributed by atoms with Crippen LogP contribution in [-0.4, -0.2) is 17.5 Å². The van der Waals surface area contributed by atoms with E-state index in [1.54, 1.807) is 0 Å². The third-order valence-corrected chi connectivity index (χ3v) is 5.43. The van der Waals surface area contributed by atoms with Gasteiger partial charge in [-0.05, 0) is 46.5 Å². The number of hydrogen-bond donors (Lipinski definition) is 1. The lowest BCUT2D eigenvalue weighted by Crippen LogP contribution is -2.35. The molecule has 4 heteroatoms. The van der Waals surface area contributed by atoms with Gasteiger partial charge in [-0.25, -0.2) is 0 Å². The number of rotatable bonds is 1. The highest BCUT2D eigenvalue weighted by molar-refractivity contribution is 6.23. The molecular weight excluding hydrogens is 326 g/mol. The largest absolute Gasteiger partial charge is 0.326 e. The summed E-state index contributed by atoms with van der Waals surface area (Å²) in [4.78, 5) is 36.8. The van der Waals surface area contributed by atoms with Crippen LogP contribution >= 0.6 is 0 Å². The number of allylic oxidation sites excluding steroid dienone is 4. The summed E-state index contributed by atoms with van der Waals surface area (Å²) in [6.07, 6.45) is 2.76. The highest BCUT2D eigenvalue weighted by atomic mass is 16.1. The van der Waals surface area contributed by atoms with E-state index in [1.165, 1.54) is 19.1 Å². The Bertz CT molecular complexity index is 1090. The monoisotopic (exact) mass is 341 g/mol. The topological polar surface area (TPSA) is 63.2 Å². The van der Waals surface area contributed by atoms with Gasteiger partial charge in [0.2, 0.25) is 5.91 Å². The molecule has 2 aromatic rings. The van der Waals surface area contributed by atoms with Crippen molar-refractivity contribution in [2.45, 2.75) is 18.8 Å². The molecule has 0 saturated heterocycles. The van der Waals surface area contributed by atoms with Crippen LogP contribution in [0.2, 0.25) is 0 Å². The molecule has 2 bridgehead atoms. The van der Waals surface area contributed by atoms with Gasteiger partial charge in [-0.2, -0.15) is 0 Å². The third-order valence-electron chi connectivity index (χ3n) is 5.43. The summed E-state index contributed by atoms with van der Waals surface area (Å²) < 4.78 is 0. The summed E-state index contributed by atoms with van der Waals surface area (Å²) in [5, 5.41) is 2.81. The Hall–Kier alpha value is -3.27. The highest BCUT2D eigenvalue weighted by Crippen LogP contribution is 2.57. The van der Waals surface area contributed by atoms with Crippen molar-refractivity contribution in [2.24, 2.45) is 0 Å². The zero-order valence-corrected chi connectivity index (χ0v) is 14.1. The van der Waals surface area contributed by atoms with Crippen molar-refractivity contribution in [3.05, 3.63) is 88.0 Å². The first-order valence-electron chi connectivity index (χ1n) is 8.57. The van der Waals surface area contributed by atoms with Crippen LogP contribution in [0.15, 0.2) is 65.8 Å². The van der Waals surface area contributed by atoms with Crippen molar-refractivity contribution in [3.8, 4) is 0 Å². The van der Waals surface area contributed by atoms with Crippen molar-refractivity contribution >= 4 is 23.2 Å². The van der Waals surface area contributed by atoms with Crippen LogP contribution < -0.4 is 5.32 Å². The predicted octanol–water partition coefficient (Wildman–Crippen LogP) is 3.24. The molecule has 2 atom stereocenters. The lowest BCUT2D eigenvalue weighted by Gasteiger charge is -2.43.